The molecule has 5 nitrogen and oxygen atoms in total. The summed E-state index contributed by atoms with van der Waals surface area (Å²) in [7, 11) is 1.89. The molecule has 1 unspecified atom stereocenters. The minimum atomic E-state index is -0.456. The number of aryl methyl sites for hydroxylation is 1. The van der Waals surface area contributed by atoms with Gasteiger partial charge in [0.05, 0.1) is 11.6 Å². The minimum absolute atomic E-state index is 0.110. The van der Waals surface area contributed by atoms with Crippen LogP contribution in [0.15, 0.2) is 48.0 Å². The predicted molar refractivity (Wildman–Crippen MR) is 101 cm³/mol. The minimum Gasteiger partial charge on any atom is -0.452 e. The van der Waals surface area contributed by atoms with E-state index in [0.29, 0.717) is 12.1 Å². The Bertz CT molecular complexity index is 945. The van der Waals surface area contributed by atoms with Gasteiger partial charge in [0, 0.05) is 35.6 Å². The van der Waals surface area contributed by atoms with Crippen molar-refractivity contribution in [3.63, 3.8) is 0 Å². The monoisotopic (exact) mass is 368 g/mol. The molecule has 3 heterocycles. The quantitative estimate of drug-likeness (QED) is 0.659. The zero-order valence-corrected chi connectivity index (χ0v) is 15.4. The highest BCUT2D eigenvalue weighted by Crippen LogP contribution is 2.34. The molecule has 0 spiro atoms. The first kappa shape index (κ1) is 16.8. The van der Waals surface area contributed by atoms with Crippen molar-refractivity contribution >= 4 is 34.1 Å². The van der Waals surface area contributed by atoms with Gasteiger partial charge in [0.2, 0.25) is 0 Å². The highest BCUT2D eigenvalue weighted by molar-refractivity contribution is 7.10. The Balaban J connectivity index is 1.45. The standard InChI is InChI=1S/C20H20N2O3S/c1-21-12-15(14-6-2-3-7-16(14)21)20(24)25-13-19(23)22-10-4-8-17(22)18-9-5-11-26-18/h2-3,5-7,9,11-12,17H,4,8,10,13H2,1H3. The van der Waals surface area contributed by atoms with E-state index in [9.17, 15) is 9.59 Å². The Kier molecular flexibility index (Phi) is 4.51. The Morgan fingerprint density at radius 1 is 1.23 bits per heavy atom. The van der Waals surface area contributed by atoms with Gasteiger partial charge in [-0.05, 0) is 30.4 Å². The number of carbonyl (C=O) groups is 2. The molecule has 1 aromatic carbocycles. The number of hydrogen-bond donors (Lipinski definition) is 0. The third-order valence-corrected chi connectivity index (χ3v) is 5.86. The molecule has 26 heavy (non-hydrogen) atoms. The van der Waals surface area contributed by atoms with Gasteiger partial charge in [0.15, 0.2) is 6.61 Å². The molecular weight excluding hydrogens is 348 g/mol. The van der Waals surface area contributed by atoms with E-state index in [4.69, 9.17) is 4.74 Å². The van der Waals surface area contributed by atoms with E-state index >= 15 is 0 Å². The second-order valence-electron chi connectivity index (χ2n) is 6.51. The number of fused-ring (bicyclic) bond motifs is 1. The molecule has 4 rings (SSSR count). The topological polar surface area (TPSA) is 51.5 Å². The van der Waals surface area contributed by atoms with Crippen molar-refractivity contribution in [3.8, 4) is 0 Å². The van der Waals surface area contributed by atoms with Crippen molar-refractivity contribution < 1.29 is 14.3 Å². The van der Waals surface area contributed by atoms with E-state index < -0.39 is 5.97 Å². The maximum atomic E-state index is 12.6. The number of rotatable bonds is 4. The number of ether oxygens (including phenoxy) is 1. The van der Waals surface area contributed by atoms with Crippen LogP contribution in [0.3, 0.4) is 0 Å². The third kappa shape index (κ3) is 3.01. The molecule has 134 valence electrons. The number of carbonyl (C=O) groups excluding carboxylic acids is 2. The van der Waals surface area contributed by atoms with Gasteiger partial charge in [-0.25, -0.2) is 4.79 Å². The number of para-hydroxylation sites is 1. The molecule has 0 bridgehead atoms. The van der Waals surface area contributed by atoms with Crippen LogP contribution in [0.5, 0.6) is 0 Å². The molecule has 6 heteroatoms. The number of hydrogen-bond acceptors (Lipinski definition) is 4. The zero-order valence-electron chi connectivity index (χ0n) is 14.6. The van der Waals surface area contributed by atoms with Gasteiger partial charge in [0.1, 0.15) is 0 Å². The number of thiophene rings is 1. The fourth-order valence-electron chi connectivity index (χ4n) is 3.63. The second kappa shape index (κ2) is 6.96. The van der Waals surface area contributed by atoms with E-state index in [1.165, 1.54) is 4.88 Å². The van der Waals surface area contributed by atoms with Gasteiger partial charge in [-0.1, -0.05) is 24.3 Å². The van der Waals surface area contributed by atoms with E-state index in [1.54, 1.807) is 17.5 Å². The van der Waals surface area contributed by atoms with Crippen LogP contribution in [-0.4, -0.2) is 34.5 Å². The lowest BCUT2D eigenvalue weighted by molar-refractivity contribution is -0.135. The summed E-state index contributed by atoms with van der Waals surface area (Å²) in [4.78, 5) is 28.1. The summed E-state index contributed by atoms with van der Waals surface area (Å²) >= 11 is 1.66. The van der Waals surface area contributed by atoms with Crippen molar-refractivity contribution in [2.45, 2.75) is 18.9 Å². The first-order valence-corrected chi connectivity index (χ1v) is 9.57. The van der Waals surface area contributed by atoms with Crippen LogP contribution < -0.4 is 0 Å². The summed E-state index contributed by atoms with van der Waals surface area (Å²) in [6.07, 6.45) is 3.69. The van der Waals surface area contributed by atoms with Gasteiger partial charge < -0.3 is 14.2 Å². The predicted octanol–water partition coefficient (Wildman–Crippen LogP) is 3.76. The van der Waals surface area contributed by atoms with Crippen LogP contribution in [0.2, 0.25) is 0 Å². The van der Waals surface area contributed by atoms with Crippen LogP contribution in [0, 0.1) is 0 Å². The molecule has 0 radical (unpaired) electrons. The van der Waals surface area contributed by atoms with Gasteiger partial charge in [0.25, 0.3) is 5.91 Å². The van der Waals surface area contributed by atoms with Crippen LogP contribution in [0.1, 0.15) is 34.1 Å². The number of aromatic nitrogens is 1. The maximum absolute atomic E-state index is 12.6. The van der Waals surface area contributed by atoms with Crippen molar-refractivity contribution in [2.24, 2.45) is 7.05 Å². The highest BCUT2D eigenvalue weighted by Gasteiger charge is 2.31. The smallest absolute Gasteiger partial charge is 0.340 e. The lowest BCUT2D eigenvalue weighted by Crippen LogP contribution is -2.34. The van der Waals surface area contributed by atoms with Crippen LogP contribution >= 0.6 is 11.3 Å². The molecule has 1 aliphatic heterocycles. The highest BCUT2D eigenvalue weighted by atomic mass is 32.1. The summed E-state index contributed by atoms with van der Waals surface area (Å²) in [5, 5.41) is 2.86. The normalized spacial score (nSPS) is 17.0. The van der Waals surface area contributed by atoms with Gasteiger partial charge in [-0.3, -0.25) is 4.79 Å². The summed E-state index contributed by atoms with van der Waals surface area (Å²) in [5.41, 5.74) is 1.45. The molecule has 1 saturated heterocycles. The van der Waals surface area contributed by atoms with Gasteiger partial charge in [-0.2, -0.15) is 0 Å². The average molecular weight is 368 g/mol. The van der Waals surface area contributed by atoms with Gasteiger partial charge in [-0.15, -0.1) is 11.3 Å². The fraction of sp³-hybridized carbons (Fsp3) is 0.300. The molecule has 1 fully saturated rings. The van der Waals surface area contributed by atoms with Gasteiger partial charge >= 0.3 is 5.97 Å². The first-order chi connectivity index (χ1) is 12.6. The van der Waals surface area contributed by atoms with Crippen molar-refractivity contribution in [1.82, 2.24) is 9.47 Å². The molecule has 2 aromatic heterocycles. The molecular formula is C20H20N2O3S. The SMILES string of the molecule is Cn1cc(C(=O)OCC(=O)N2CCCC2c2cccs2)c2ccccc21. The number of esters is 1. The molecule has 0 aliphatic carbocycles. The van der Waals surface area contributed by atoms with Crippen molar-refractivity contribution in [1.29, 1.82) is 0 Å². The molecule has 1 atom stereocenters. The van der Waals surface area contributed by atoms with E-state index in [0.717, 1.165) is 23.7 Å². The third-order valence-electron chi connectivity index (χ3n) is 4.89. The Morgan fingerprint density at radius 3 is 2.88 bits per heavy atom. The van der Waals surface area contributed by atoms with E-state index in [2.05, 4.69) is 6.07 Å². The van der Waals surface area contributed by atoms with Crippen LogP contribution in [0.25, 0.3) is 10.9 Å². The number of amides is 1. The second-order valence-corrected chi connectivity index (χ2v) is 7.49. The zero-order chi connectivity index (χ0) is 18.1. The first-order valence-electron chi connectivity index (χ1n) is 8.69. The Morgan fingerprint density at radius 2 is 2.08 bits per heavy atom. The number of benzene rings is 1. The molecule has 1 amide bonds. The van der Waals surface area contributed by atoms with Crippen molar-refractivity contribution in [3.05, 3.63) is 58.4 Å². The fourth-order valence-corrected chi connectivity index (χ4v) is 4.51. The molecule has 0 saturated carbocycles. The largest absolute Gasteiger partial charge is 0.452 e. The summed E-state index contributed by atoms with van der Waals surface area (Å²) < 4.78 is 7.24. The van der Waals surface area contributed by atoms with E-state index in [1.807, 2.05) is 52.2 Å². The maximum Gasteiger partial charge on any atom is 0.340 e. The lowest BCUT2D eigenvalue weighted by Gasteiger charge is -2.23. The average Bonchev–Trinajstić information content (AvgIpc) is 3.39. The summed E-state index contributed by atoms with van der Waals surface area (Å²) in [5.74, 6) is -0.587. The van der Waals surface area contributed by atoms with Crippen molar-refractivity contribution in [2.75, 3.05) is 13.2 Å². The number of likely N-dealkylation sites (tertiary alicyclic amines) is 1. The van der Waals surface area contributed by atoms with Crippen LogP contribution in [0.4, 0.5) is 0 Å². The molecule has 0 N–H and O–H groups in total. The molecule has 3 aromatic rings. The number of nitrogens with zero attached hydrogens (tertiary/aromatic N) is 2. The van der Waals surface area contributed by atoms with E-state index in [-0.39, 0.29) is 18.6 Å². The summed E-state index contributed by atoms with van der Waals surface area (Å²) in [6.45, 7) is 0.497. The molecule has 1 aliphatic rings. The lowest BCUT2D eigenvalue weighted by atomic mass is 10.2. The van der Waals surface area contributed by atoms with Crippen LogP contribution in [-0.2, 0) is 16.6 Å². The Labute approximate surface area is 155 Å². The Hall–Kier alpha value is -2.60. The summed E-state index contributed by atoms with van der Waals surface area (Å²) in [6, 6.07) is 11.8.